The summed E-state index contributed by atoms with van der Waals surface area (Å²) < 4.78 is 0. The van der Waals surface area contributed by atoms with E-state index in [1.165, 1.54) is 11.3 Å². The monoisotopic (exact) mass is 192 g/mol. The van der Waals surface area contributed by atoms with Gasteiger partial charge in [-0.05, 0) is 38.6 Å². The lowest BCUT2D eigenvalue weighted by molar-refractivity contribution is 0.266. The quantitative estimate of drug-likeness (QED) is 0.788. The molecule has 0 atom stereocenters. The Labute approximate surface area is 86.9 Å². The highest BCUT2D eigenvalue weighted by molar-refractivity contribution is 5.44. The molecule has 0 unspecified atom stereocenters. The van der Waals surface area contributed by atoms with Gasteiger partial charge in [0.05, 0.1) is 0 Å². The molecule has 1 N–H and O–H groups in total. The molecule has 0 saturated carbocycles. The molecule has 0 amide bonds. The third-order valence-electron chi connectivity index (χ3n) is 2.53. The van der Waals surface area contributed by atoms with E-state index in [1.807, 2.05) is 7.05 Å². The van der Waals surface area contributed by atoms with Crippen molar-refractivity contribution in [3.8, 4) is 0 Å². The first-order chi connectivity index (χ1) is 6.63. The minimum Gasteiger partial charge on any atom is -0.388 e. The Morgan fingerprint density at radius 3 is 2.64 bits per heavy atom. The van der Waals surface area contributed by atoms with Gasteiger partial charge in [0.2, 0.25) is 0 Å². The average molecular weight is 192 g/mol. The Kier molecular flexibility index (Phi) is 3.96. The smallest absolute Gasteiger partial charge is 0.0340 e. The first-order valence-electron chi connectivity index (χ1n) is 5.10. The fourth-order valence-electron chi connectivity index (χ4n) is 1.30. The Morgan fingerprint density at radius 1 is 1.36 bits per heavy atom. The fraction of sp³-hybridized carbons (Fsp3) is 0.500. The SMILES string of the molecule is CNc1cccc(CN(C)C(C)C)c1. The van der Waals surface area contributed by atoms with Crippen molar-refractivity contribution in [2.45, 2.75) is 26.4 Å². The second kappa shape index (κ2) is 5.01. The van der Waals surface area contributed by atoms with Crippen LogP contribution in [0.2, 0.25) is 0 Å². The lowest BCUT2D eigenvalue weighted by atomic mass is 10.2. The summed E-state index contributed by atoms with van der Waals surface area (Å²) >= 11 is 0. The van der Waals surface area contributed by atoms with E-state index >= 15 is 0 Å². The molecule has 78 valence electrons. The van der Waals surface area contributed by atoms with Crippen molar-refractivity contribution in [2.24, 2.45) is 0 Å². The Balaban J connectivity index is 2.66. The summed E-state index contributed by atoms with van der Waals surface area (Å²) in [6.07, 6.45) is 0. The summed E-state index contributed by atoms with van der Waals surface area (Å²) in [5.41, 5.74) is 2.53. The maximum absolute atomic E-state index is 3.15. The highest BCUT2D eigenvalue weighted by Gasteiger charge is 2.03. The molecular weight excluding hydrogens is 172 g/mol. The van der Waals surface area contributed by atoms with Crippen LogP contribution in [0.3, 0.4) is 0 Å². The van der Waals surface area contributed by atoms with Crippen molar-refractivity contribution in [1.29, 1.82) is 0 Å². The lowest BCUT2D eigenvalue weighted by Gasteiger charge is -2.21. The molecule has 1 rings (SSSR count). The van der Waals surface area contributed by atoms with Crippen molar-refractivity contribution in [2.75, 3.05) is 19.4 Å². The lowest BCUT2D eigenvalue weighted by Crippen LogP contribution is -2.25. The van der Waals surface area contributed by atoms with Crippen LogP contribution >= 0.6 is 0 Å². The average Bonchev–Trinajstić information content (AvgIpc) is 2.18. The summed E-state index contributed by atoms with van der Waals surface area (Å²) in [4.78, 5) is 2.33. The van der Waals surface area contributed by atoms with E-state index < -0.39 is 0 Å². The zero-order valence-corrected chi connectivity index (χ0v) is 9.54. The molecule has 0 aliphatic carbocycles. The molecule has 1 aromatic carbocycles. The molecule has 0 aromatic heterocycles. The number of benzene rings is 1. The predicted molar refractivity (Wildman–Crippen MR) is 62.6 cm³/mol. The van der Waals surface area contributed by atoms with E-state index in [1.54, 1.807) is 0 Å². The number of nitrogens with one attached hydrogen (secondary N) is 1. The van der Waals surface area contributed by atoms with E-state index in [-0.39, 0.29) is 0 Å². The van der Waals surface area contributed by atoms with Gasteiger partial charge < -0.3 is 5.32 Å². The summed E-state index contributed by atoms with van der Waals surface area (Å²) in [6.45, 7) is 5.43. The van der Waals surface area contributed by atoms with Gasteiger partial charge in [-0.3, -0.25) is 4.90 Å². The van der Waals surface area contributed by atoms with Crippen LogP contribution in [0.4, 0.5) is 5.69 Å². The molecule has 0 aliphatic rings. The van der Waals surface area contributed by atoms with Gasteiger partial charge in [-0.15, -0.1) is 0 Å². The highest BCUT2D eigenvalue weighted by Crippen LogP contribution is 2.12. The van der Waals surface area contributed by atoms with Crippen molar-refractivity contribution in [1.82, 2.24) is 4.90 Å². The maximum atomic E-state index is 3.15. The van der Waals surface area contributed by atoms with E-state index in [0.717, 1.165) is 6.54 Å². The predicted octanol–water partition coefficient (Wildman–Crippen LogP) is 2.57. The first kappa shape index (κ1) is 11.1. The van der Waals surface area contributed by atoms with Gasteiger partial charge in [0.25, 0.3) is 0 Å². The largest absolute Gasteiger partial charge is 0.388 e. The first-order valence-corrected chi connectivity index (χ1v) is 5.10. The minimum atomic E-state index is 0.591. The van der Waals surface area contributed by atoms with Crippen LogP contribution in [-0.4, -0.2) is 25.0 Å². The molecule has 0 heterocycles. The normalized spacial score (nSPS) is 11.0. The molecule has 0 aliphatic heterocycles. The van der Waals surface area contributed by atoms with Gasteiger partial charge in [-0.1, -0.05) is 12.1 Å². The van der Waals surface area contributed by atoms with Crippen molar-refractivity contribution in [3.05, 3.63) is 29.8 Å². The third kappa shape index (κ3) is 3.04. The Morgan fingerprint density at radius 2 is 2.07 bits per heavy atom. The van der Waals surface area contributed by atoms with E-state index in [4.69, 9.17) is 0 Å². The van der Waals surface area contributed by atoms with Crippen LogP contribution in [0.15, 0.2) is 24.3 Å². The summed E-state index contributed by atoms with van der Waals surface area (Å²) in [7, 11) is 4.10. The highest BCUT2D eigenvalue weighted by atomic mass is 15.1. The van der Waals surface area contributed by atoms with Gasteiger partial charge in [0.1, 0.15) is 0 Å². The van der Waals surface area contributed by atoms with Gasteiger partial charge >= 0.3 is 0 Å². The van der Waals surface area contributed by atoms with Crippen LogP contribution in [0, 0.1) is 0 Å². The molecule has 0 fully saturated rings. The molecule has 0 radical (unpaired) electrons. The third-order valence-corrected chi connectivity index (χ3v) is 2.53. The molecule has 2 nitrogen and oxygen atoms in total. The second-order valence-electron chi connectivity index (χ2n) is 3.96. The van der Waals surface area contributed by atoms with Gasteiger partial charge in [-0.2, -0.15) is 0 Å². The molecule has 1 aromatic rings. The van der Waals surface area contributed by atoms with Crippen molar-refractivity contribution >= 4 is 5.69 Å². The van der Waals surface area contributed by atoms with Crippen LogP contribution in [0.25, 0.3) is 0 Å². The topological polar surface area (TPSA) is 15.3 Å². The molecule has 14 heavy (non-hydrogen) atoms. The second-order valence-corrected chi connectivity index (χ2v) is 3.96. The number of rotatable bonds is 4. The van der Waals surface area contributed by atoms with Gasteiger partial charge in [0, 0.05) is 25.3 Å². The molecule has 0 spiro atoms. The molecule has 2 heteroatoms. The van der Waals surface area contributed by atoms with E-state index in [9.17, 15) is 0 Å². The van der Waals surface area contributed by atoms with Crippen LogP contribution in [0.5, 0.6) is 0 Å². The van der Waals surface area contributed by atoms with Gasteiger partial charge in [-0.25, -0.2) is 0 Å². The van der Waals surface area contributed by atoms with Crippen LogP contribution < -0.4 is 5.32 Å². The number of hydrogen-bond donors (Lipinski definition) is 1. The van der Waals surface area contributed by atoms with Crippen LogP contribution in [0.1, 0.15) is 19.4 Å². The Bertz CT molecular complexity index is 281. The summed E-state index contributed by atoms with van der Waals surface area (Å²) in [5, 5.41) is 3.15. The number of nitrogens with zero attached hydrogens (tertiary/aromatic N) is 1. The number of anilines is 1. The zero-order valence-electron chi connectivity index (χ0n) is 9.54. The maximum Gasteiger partial charge on any atom is 0.0340 e. The minimum absolute atomic E-state index is 0.591. The van der Waals surface area contributed by atoms with E-state index in [2.05, 4.69) is 55.4 Å². The van der Waals surface area contributed by atoms with Gasteiger partial charge in [0.15, 0.2) is 0 Å². The standard InChI is InChI=1S/C12H20N2/c1-10(2)14(4)9-11-6-5-7-12(8-11)13-3/h5-8,10,13H,9H2,1-4H3. The molecule has 0 bridgehead atoms. The van der Waals surface area contributed by atoms with Crippen LogP contribution in [-0.2, 0) is 6.54 Å². The van der Waals surface area contributed by atoms with E-state index in [0.29, 0.717) is 6.04 Å². The fourth-order valence-corrected chi connectivity index (χ4v) is 1.30. The summed E-state index contributed by atoms with van der Waals surface area (Å²) in [6, 6.07) is 9.13. The Hall–Kier alpha value is -1.02. The van der Waals surface area contributed by atoms with Crippen molar-refractivity contribution in [3.63, 3.8) is 0 Å². The van der Waals surface area contributed by atoms with Crippen molar-refractivity contribution < 1.29 is 0 Å². The summed E-state index contributed by atoms with van der Waals surface area (Å²) in [5.74, 6) is 0. The molecule has 0 saturated heterocycles. The number of hydrogen-bond acceptors (Lipinski definition) is 2. The zero-order chi connectivity index (χ0) is 10.6. The molecular formula is C12H20N2.